The van der Waals surface area contributed by atoms with Crippen molar-refractivity contribution < 1.29 is 4.79 Å². The Balaban J connectivity index is 2.05. The number of hydrogen-bond acceptors (Lipinski definition) is 1. The van der Waals surface area contributed by atoms with E-state index in [2.05, 4.69) is 58.9 Å². The number of benzene rings is 1. The van der Waals surface area contributed by atoms with Gasteiger partial charge in [-0.25, -0.2) is 0 Å². The summed E-state index contributed by atoms with van der Waals surface area (Å²) < 4.78 is 0. The van der Waals surface area contributed by atoms with Crippen molar-refractivity contribution in [1.29, 1.82) is 0 Å². The van der Waals surface area contributed by atoms with Crippen LogP contribution in [0.25, 0.3) is 0 Å². The van der Waals surface area contributed by atoms with Crippen LogP contribution in [0.1, 0.15) is 70.9 Å². The van der Waals surface area contributed by atoms with Crippen LogP contribution < -0.4 is 0 Å². The lowest BCUT2D eigenvalue weighted by Gasteiger charge is -2.37. The molecule has 21 heavy (non-hydrogen) atoms. The predicted octanol–water partition coefficient (Wildman–Crippen LogP) is 5.38. The first kappa shape index (κ1) is 16.3. The Morgan fingerprint density at radius 3 is 2.29 bits per heavy atom. The summed E-state index contributed by atoms with van der Waals surface area (Å²) in [5.41, 5.74) is 3.01. The molecular weight excluding hydrogens is 256 g/mol. The molecule has 0 bridgehead atoms. The Morgan fingerprint density at radius 2 is 1.76 bits per heavy atom. The monoisotopic (exact) mass is 286 g/mol. The zero-order chi connectivity index (χ0) is 15.6. The zero-order valence-corrected chi connectivity index (χ0v) is 14.3. The SMILES string of the molecule is CC(C)c1ccc(CC2CC(C(C)(C)C)CCC2=O)cc1. The van der Waals surface area contributed by atoms with E-state index >= 15 is 0 Å². The van der Waals surface area contributed by atoms with E-state index in [4.69, 9.17) is 0 Å². The Kier molecular flexibility index (Phi) is 4.91. The quantitative estimate of drug-likeness (QED) is 0.728. The summed E-state index contributed by atoms with van der Waals surface area (Å²) in [4.78, 5) is 12.2. The highest BCUT2D eigenvalue weighted by atomic mass is 16.1. The van der Waals surface area contributed by atoms with Gasteiger partial charge in [0.25, 0.3) is 0 Å². The van der Waals surface area contributed by atoms with Gasteiger partial charge in [-0.05, 0) is 47.6 Å². The van der Waals surface area contributed by atoms with Gasteiger partial charge in [-0.1, -0.05) is 58.9 Å². The second-order valence-electron chi connectivity index (χ2n) is 8.10. The van der Waals surface area contributed by atoms with E-state index in [9.17, 15) is 4.79 Å². The van der Waals surface area contributed by atoms with Crippen LogP contribution in [0.4, 0.5) is 0 Å². The lowest BCUT2D eigenvalue weighted by molar-refractivity contribution is -0.126. The normalized spacial score (nSPS) is 23.6. The van der Waals surface area contributed by atoms with Crippen LogP contribution in [-0.2, 0) is 11.2 Å². The summed E-state index contributed by atoms with van der Waals surface area (Å²) in [6.45, 7) is 11.4. The molecule has 1 fully saturated rings. The summed E-state index contributed by atoms with van der Waals surface area (Å²) in [5.74, 6) is 1.95. The summed E-state index contributed by atoms with van der Waals surface area (Å²) in [7, 11) is 0. The molecule has 0 saturated heterocycles. The molecule has 1 nitrogen and oxygen atoms in total. The Bertz CT molecular complexity index is 476. The van der Waals surface area contributed by atoms with Gasteiger partial charge < -0.3 is 0 Å². The van der Waals surface area contributed by atoms with Gasteiger partial charge in [0.05, 0.1) is 0 Å². The molecule has 1 aromatic rings. The molecule has 0 heterocycles. The van der Waals surface area contributed by atoms with Crippen molar-refractivity contribution in [2.24, 2.45) is 17.3 Å². The molecule has 0 aliphatic heterocycles. The van der Waals surface area contributed by atoms with Crippen LogP contribution in [0.5, 0.6) is 0 Å². The molecule has 2 rings (SSSR count). The van der Waals surface area contributed by atoms with E-state index in [0.29, 0.717) is 23.0 Å². The van der Waals surface area contributed by atoms with Crippen molar-refractivity contribution in [2.75, 3.05) is 0 Å². The first-order valence-electron chi connectivity index (χ1n) is 8.39. The first-order chi connectivity index (χ1) is 9.77. The third-order valence-corrected chi connectivity index (χ3v) is 5.12. The molecule has 0 radical (unpaired) electrons. The molecular formula is C20H30O. The molecule has 2 atom stereocenters. The van der Waals surface area contributed by atoms with Crippen LogP contribution in [-0.4, -0.2) is 5.78 Å². The number of ketones is 1. The molecule has 0 amide bonds. The summed E-state index contributed by atoms with van der Waals surface area (Å²) in [5, 5.41) is 0. The van der Waals surface area contributed by atoms with Crippen LogP contribution in [0.3, 0.4) is 0 Å². The maximum atomic E-state index is 12.2. The highest BCUT2D eigenvalue weighted by Gasteiger charge is 2.34. The third kappa shape index (κ3) is 4.18. The predicted molar refractivity (Wildman–Crippen MR) is 89.5 cm³/mol. The second kappa shape index (κ2) is 6.34. The molecule has 1 aromatic carbocycles. The van der Waals surface area contributed by atoms with Gasteiger partial charge >= 0.3 is 0 Å². The molecule has 0 N–H and O–H groups in total. The van der Waals surface area contributed by atoms with E-state index in [1.54, 1.807) is 0 Å². The smallest absolute Gasteiger partial charge is 0.136 e. The fourth-order valence-corrected chi connectivity index (χ4v) is 3.42. The maximum Gasteiger partial charge on any atom is 0.136 e. The summed E-state index contributed by atoms with van der Waals surface area (Å²) in [6.07, 6.45) is 3.83. The van der Waals surface area contributed by atoms with Crippen LogP contribution in [0.2, 0.25) is 0 Å². The van der Waals surface area contributed by atoms with Gasteiger partial charge in [0, 0.05) is 12.3 Å². The van der Waals surface area contributed by atoms with Crippen molar-refractivity contribution in [3.8, 4) is 0 Å². The van der Waals surface area contributed by atoms with Crippen molar-refractivity contribution in [2.45, 2.75) is 66.2 Å². The second-order valence-corrected chi connectivity index (χ2v) is 8.10. The Labute approximate surface area is 130 Å². The minimum Gasteiger partial charge on any atom is -0.299 e. The highest BCUT2D eigenvalue weighted by Crippen LogP contribution is 2.39. The minimum absolute atomic E-state index is 0.230. The number of Topliss-reactive ketones (excluding diaryl/α,β-unsaturated/α-hetero) is 1. The average molecular weight is 286 g/mol. The van der Waals surface area contributed by atoms with Gasteiger partial charge in [0.1, 0.15) is 5.78 Å². The highest BCUT2D eigenvalue weighted by molar-refractivity contribution is 5.82. The van der Waals surface area contributed by atoms with Crippen molar-refractivity contribution in [3.63, 3.8) is 0 Å². The largest absolute Gasteiger partial charge is 0.299 e. The fraction of sp³-hybridized carbons (Fsp3) is 0.650. The van der Waals surface area contributed by atoms with Crippen molar-refractivity contribution >= 4 is 5.78 Å². The zero-order valence-electron chi connectivity index (χ0n) is 14.3. The molecule has 116 valence electrons. The number of rotatable bonds is 3. The van der Waals surface area contributed by atoms with Crippen LogP contribution in [0, 0.1) is 17.3 Å². The molecule has 1 aliphatic carbocycles. The van der Waals surface area contributed by atoms with Crippen molar-refractivity contribution in [3.05, 3.63) is 35.4 Å². The standard InChI is InChI=1S/C20H30O/c1-14(2)16-8-6-15(7-9-16)12-17-13-18(20(3,4)5)10-11-19(17)21/h6-9,14,17-18H,10-13H2,1-5H3. The number of carbonyl (C=O) groups is 1. The molecule has 1 saturated carbocycles. The lowest BCUT2D eigenvalue weighted by Crippen LogP contribution is -2.33. The minimum atomic E-state index is 0.230. The summed E-state index contributed by atoms with van der Waals surface area (Å²) >= 11 is 0. The van der Waals surface area contributed by atoms with Crippen molar-refractivity contribution in [1.82, 2.24) is 0 Å². The molecule has 2 unspecified atom stereocenters. The number of carbonyl (C=O) groups excluding carboxylic acids is 1. The van der Waals surface area contributed by atoms with Gasteiger partial charge in [0.2, 0.25) is 0 Å². The molecule has 1 aliphatic rings. The third-order valence-electron chi connectivity index (χ3n) is 5.12. The lowest BCUT2D eigenvalue weighted by atomic mass is 9.67. The van der Waals surface area contributed by atoms with E-state index in [1.165, 1.54) is 11.1 Å². The number of hydrogen-bond donors (Lipinski definition) is 0. The maximum absolute atomic E-state index is 12.2. The van der Waals surface area contributed by atoms with Crippen LogP contribution in [0.15, 0.2) is 24.3 Å². The van der Waals surface area contributed by atoms with E-state index in [-0.39, 0.29) is 5.92 Å². The van der Waals surface area contributed by atoms with Crippen LogP contribution >= 0.6 is 0 Å². The fourth-order valence-electron chi connectivity index (χ4n) is 3.42. The van der Waals surface area contributed by atoms with Gasteiger partial charge in [-0.15, -0.1) is 0 Å². The average Bonchev–Trinajstić information content (AvgIpc) is 2.40. The Morgan fingerprint density at radius 1 is 1.14 bits per heavy atom. The molecule has 0 spiro atoms. The van der Waals surface area contributed by atoms with E-state index in [1.807, 2.05) is 0 Å². The van der Waals surface area contributed by atoms with Gasteiger partial charge in [-0.3, -0.25) is 4.79 Å². The van der Waals surface area contributed by atoms with Gasteiger partial charge in [-0.2, -0.15) is 0 Å². The molecule has 1 heteroatoms. The first-order valence-corrected chi connectivity index (χ1v) is 8.39. The Hall–Kier alpha value is -1.11. The summed E-state index contributed by atoms with van der Waals surface area (Å²) in [6, 6.07) is 8.86. The van der Waals surface area contributed by atoms with E-state index in [0.717, 1.165) is 25.7 Å². The topological polar surface area (TPSA) is 17.1 Å². The molecule has 0 aromatic heterocycles. The van der Waals surface area contributed by atoms with E-state index < -0.39 is 0 Å². The van der Waals surface area contributed by atoms with Gasteiger partial charge in [0.15, 0.2) is 0 Å².